The molecule has 8 nitrogen and oxygen atoms in total. The van der Waals surface area contributed by atoms with Crippen LogP contribution in [0.2, 0.25) is 5.02 Å². The zero-order chi connectivity index (χ0) is 23.8. The van der Waals surface area contributed by atoms with Crippen LogP contribution in [0, 0.1) is 5.82 Å². The summed E-state index contributed by atoms with van der Waals surface area (Å²) in [6.45, 7) is -0.446. The zero-order valence-electron chi connectivity index (χ0n) is 17.0. The number of hydrogen-bond donors (Lipinski definition) is 2. The van der Waals surface area contributed by atoms with Crippen LogP contribution >= 0.6 is 11.6 Å². The molecule has 3 rings (SSSR count). The molecule has 1 saturated heterocycles. The van der Waals surface area contributed by atoms with Crippen LogP contribution in [0.4, 0.5) is 19.3 Å². The van der Waals surface area contributed by atoms with Crippen molar-refractivity contribution in [1.82, 2.24) is 9.21 Å². The van der Waals surface area contributed by atoms with Gasteiger partial charge in [-0.25, -0.2) is 26.3 Å². The number of carbonyl (C=O) groups excluding carboxylic acids is 1. The predicted octanol–water partition coefficient (Wildman–Crippen LogP) is 3.43. The van der Waals surface area contributed by atoms with E-state index < -0.39 is 46.6 Å². The average Bonchev–Trinajstić information content (AvgIpc) is 3.12. The van der Waals surface area contributed by atoms with Crippen molar-refractivity contribution in [2.45, 2.75) is 23.5 Å². The van der Waals surface area contributed by atoms with E-state index in [1.54, 1.807) is 0 Å². The zero-order valence-corrected chi connectivity index (χ0v) is 18.6. The maximum absolute atomic E-state index is 15.3. The second kappa shape index (κ2) is 9.00. The van der Waals surface area contributed by atoms with Crippen LogP contribution in [0.25, 0.3) is 11.1 Å². The third kappa shape index (κ3) is 4.54. The molecule has 32 heavy (non-hydrogen) atoms. The molecular formula is C20H20ClF2N3O5S. The molecule has 0 unspecified atom stereocenters. The van der Waals surface area contributed by atoms with E-state index in [1.807, 2.05) is 0 Å². The number of alkyl halides is 1. The summed E-state index contributed by atoms with van der Waals surface area (Å²) in [5, 5.41) is 11.5. The van der Waals surface area contributed by atoms with Gasteiger partial charge >= 0.3 is 6.09 Å². The number of amides is 2. The van der Waals surface area contributed by atoms with Crippen LogP contribution in [0.3, 0.4) is 0 Å². The quantitative estimate of drug-likeness (QED) is 0.672. The third-order valence-electron chi connectivity index (χ3n) is 5.06. The summed E-state index contributed by atoms with van der Waals surface area (Å²) in [4.78, 5) is 24.4. The maximum Gasteiger partial charge on any atom is 0.408 e. The highest BCUT2D eigenvalue weighted by molar-refractivity contribution is 7.89. The first-order valence-electron chi connectivity index (χ1n) is 9.39. The van der Waals surface area contributed by atoms with Gasteiger partial charge in [0.2, 0.25) is 15.9 Å². The van der Waals surface area contributed by atoms with Crippen LogP contribution in [0.5, 0.6) is 0 Å². The number of carboxylic acid groups (broad SMARTS) is 1. The van der Waals surface area contributed by atoms with Gasteiger partial charge in [-0.15, -0.1) is 0 Å². The maximum atomic E-state index is 15.3. The summed E-state index contributed by atoms with van der Waals surface area (Å²) in [5.41, 5.74) is -0.273. The largest absolute Gasteiger partial charge is 0.465 e. The Morgan fingerprint density at radius 2 is 1.91 bits per heavy atom. The van der Waals surface area contributed by atoms with Gasteiger partial charge in [-0.05, 0) is 24.3 Å². The summed E-state index contributed by atoms with van der Waals surface area (Å²) in [5.74, 6) is -1.78. The van der Waals surface area contributed by atoms with Gasteiger partial charge < -0.3 is 10.4 Å². The molecule has 1 heterocycles. The molecule has 1 aliphatic heterocycles. The second-order valence-electron chi connectivity index (χ2n) is 7.37. The number of likely N-dealkylation sites (tertiary alicyclic amines) is 1. The van der Waals surface area contributed by atoms with Crippen LogP contribution < -0.4 is 5.32 Å². The van der Waals surface area contributed by atoms with E-state index >= 15 is 4.39 Å². The summed E-state index contributed by atoms with van der Waals surface area (Å²) >= 11 is 6.19. The number of nitrogens with one attached hydrogen (secondary N) is 1. The first-order chi connectivity index (χ1) is 14.9. The molecule has 0 saturated carbocycles. The summed E-state index contributed by atoms with van der Waals surface area (Å²) in [7, 11) is -1.10. The number of nitrogens with zero attached hydrogens (tertiary/aromatic N) is 2. The summed E-state index contributed by atoms with van der Waals surface area (Å²) in [6, 6.07) is 6.55. The number of carbonyl (C=O) groups is 2. The number of anilines is 1. The highest BCUT2D eigenvalue weighted by Crippen LogP contribution is 2.35. The summed E-state index contributed by atoms with van der Waals surface area (Å²) < 4.78 is 54.8. The van der Waals surface area contributed by atoms with Gasteiger partial charge in [0.05, 0.1) is 17.1 Å². The minimum Gasteiger partial charge on any atom is -0.465 e. The molecular weight excluding hydrogens is 468 g/mol. The van der Waals surface area contributed by atoms with E-state index in [0.29, 0.717) is 4.90 Å². The van der Waals surface area contributed by atoms with E-state index in [0.717, 1.165) is 4.31 Å². The Morgan fingerprint density at radius 3 is 2.53 bits per heavy atom. The molecule has 1 aliphatic rings. The molecule has 2 amide bonds. The number of halogens is 3. The van der Waals surface area contributed by atoms with Crippen LogP contribution in [-0.4, -0.2) is 67.6 Å². The molecule has 172 valence electrons. The van der Waals surface area contributed by atoms with Crippen molar-refractivity contribution >= 4 is 39.3 Å². The molecule has 2 atom stereocenters. The number of benzene rings is 2. The number of sulfonamides is 1. The predicted molar refractivity (Wildman–Crippen MR) is 114 cm³/mol. The highest BCUT2D eigenvalue weighted by atomic mass is 35.5. The third-order valence-corrected chi connectivity index (χ3v) is 7.20. The molecule has 0 bridgehead atoms. The summed E-state index contributed by atoms with van der Waals surface area (Å²) in [6.07, 6.45) is -3.29. The Bertz CT molecular complexity index is 1180. The Kier molecular flexibility index (Phi) is 6.72. The molecule has 0 aromatic heterocycles. The highest BCUT2D eigenvalue weighted by Gasteiger charge is 2.40. The van der Waals surface area contributed by atoms with Crippen molar-refractivity contribution in [2.75, 3.05) is 26.0 Å². The average molecular weight is 488 g/mol. The number of hydrogen-bond acceptors (Lipinski definition) is 4. The van der Waals surface area contributed by atoms with E-state index in [-0.39, 0.29) is 33.2 Å². The van der Waals surface area contributed by atoms with Gasteiger partial charge in [-0.1, -0.05) is 23.7 Å². The second-order valence-corrected chi connectivity index (χ2v) is 9.93. The monoisotopic (exact) mass is 487 g/mol. The van der Waals surface area contributed by atoms with Gasteiger partial charge in [-0.3, -0.25) is 9.69 Å². The SMILES string of the molecule is CN(C)S(=O)(=O)c1ccc(Cl)c(-c2cccc(NC(=O)[C@@H]3C[C@@H](F)CN3C(=O)O)c2F)c1. The van der Waals surface area contributed by atoms with Gasteiger partial charge in [0.1, 0.15) is 12.2 Å². The minimum atomic E-state index is -3.81. The first-order valence-corrected chi connectivity index (χ1v) is 11.2. The van der Waals surface area contributed by atoms with E-state index in [9.17, 15) is 22.4 Å². The van der Waals surface area contributed by atoms with Crippen molar-refractivity contribution in [3.63, 3.8) is 0 Å². The van der Waals surface area contributed by atoms with Gasteiger partial charge in [0, 0.05) is 36.7 Å². The van der Waals surface area contributed by atoms with Crippen molar-refractivity contribution in [2.24, 2.45) is 0 Å². The fraction of sp³-hybridized carbons (Fsp3) is 0.300. The molecule has 2 aromatic rings. The lowest BCUT2D eigenvalue weighted by Crippen LogP contribution is -2.42. The Labute approximate surface area is 188 Å². The van der Waals surface area contributed by atoms with E-state index in [4.69, 9.17) is 16.7 Å². The van der Waals surface area contributed by atoms with Crippen molar-refractivity contribution in [3.05, 3.63) is 47.2 Å². The van der Waals surface area contributed by atoms with Crippen LogP contribution in [0.15, 0.2) is 41.3 Å². The van der Waals surface area contributed by atoms with Gasteiger partial charge in [0.15, 0.2) is 5.82 Å². The topological polar surface area (TPSA) is 107 Å². The lowest BCUT2D eigenvalue weighted by atomic mass is 10.0. The van der Waals surface area contributed by atoms with E-state index in [1.165, 1.54) is 50.5 Å². The smallest absolute Gasteiger partial charge is 0.408 e. The normalized spacial score (nSPS) is 18.8. The van der Waals surface area contributed by atoms with Crippen molar-refractivity contribution in [1.29, 1.82) is 0 Å². The lowest BCUT2D eigenvalue weighted by Gasteiger charge is -2.20. The fourth-order valence-electron chi connectivity index (χ4n) is 3.38. The molecule has 2 aromatic carbocycles. The lowest BCUT2D eigenvalue weighted by molar-refractivity contribution is -0.120. The van der Waals surface area contributed by atoms with Crippen molar-refractivity contribution in [3.8, 4) is 11.1 Å². The van der Waals surface area contributed by atoms with E-state index in [2.05, 4.69) is 5.32 Å². The van der Waals surface area contributed by atoms with Crippen molar-refractivity contribution < 1.29 is 31.9 Å². The molecule has 12 heteroatoms. The first kappa shape index (κ1) is 23.9. The van der Waals surface area contributed by atoms with Gasteiger partial charge in [-0.2, -0.15) is 0 Å². The Balaban J connectivity index is 1.96. The number of rotatable bonds is 5. The molecule has 1 fully saturated rings. The Morgan fingerprint density at radius 1 is 1.22 bits per heavy atom. The fourth-order valence-corrected chi connectivity index (χ4v) is 4.53. The van der Waals surface area contributed by atoms with Crippen LogP contribution in [0.1, 0.15) is 6.42 Å². The minimum absolute atomic E-state index is 0.0755. The standard InChI is InChI=1S/C20H20ClF2N3O5S/c1-25(2)32(30,31)12-6-7-15(21)14(9-12)13-4-3-5-16(18(13)23)24-19(27)17-8-11(22)10-26(17)20(28)29/h3-7,9,11,17H,8,10H2,1-2H3,(H,24,27)(H,28,29)/t11-,17+/m1/s1. The molecule has 0 radical (unpaired) electrons. The molecule has 0 spiro atoms. The molecule has 0 aliphatic carbocycles. The van der Waals surface area contributed by atoms with Gasteiger partial charge in [0.25, 0.3) is 0 Å². The molecule has 2 N–H and O–H groups in total. The Hall–Kier alpha value is -2.76. The van der Waals surface area contributed by atoms with Crippen LogP contribution in [-0.2, 0) is 14.8 Å².